The van der Waals surface area contributed by atoms with E-state index in [0.29, 0.717) is 5.75 Å². The number of carbonyl (C=O) groups excluding carboxylic acids is 1. The number of hydrogen-bond acceptors (Lipinski definition) is 5. The van der Waals surface area contributed by atoms with Gasteiger partial charge in [0.2, 0.25) is 15.9 Å². The number of hydrogen-bond donors (Lipinski definition) is 3. The molecule has 0 radical (unpaired) electrons. The first-order valence-electron chi connectivity index (χ1n) is 5.37. The highest BCUT2D eigenvalue weighted by Crippen LogP contribution is 2.24. The Morgan fingerprint density at radius 3 is 2.37 bits per heavy atom. The van der Waals surface area contributed by atoms with Crippen molar-refractivity contribution in [3.63, 3.8) is 0 Å². The fraction of sp³-hybridized carbons (Fsp3) is 0.364. The number of ether oxygens (including phenoxy) is 1. The number of anilines is 1. The van der Waals surface area contributed by atoms with Crippen LogP contribution in [-0.4, -0.2) is 27.0 Å². The molecule has 5 N–H and O–H groups in total. The number of methoxy groups -OCH3 is 1. The number of primary amides is 1. The van der Waals surface area contributed by atoms with Crippen molar-refractivity contribution < 1.29 is 17.9 Å². The van der Waals surface area contributed by atoms with Crippen molar-refractivity contribution in [3.05, 3.63) is 18.2 Å². The van der Waals surface area contributed by atoms with E-state index in [1.807, 2.05) is 0 Å². The van der Waals surface area contributed by atoms with Crippen LogP contribution in [-0.2, 0) is 14.8 Å². The molecule has 1 rings (SSSR count). The van der Waals surface area contributed by atoms with Gasteiger partial charge in [-0.15, -0.1) is 0 Å². The van der Waals surface area contributed by atoms with E-state index in [1.54, 1.807) is 0 Å². The summed E-state index contributed by atoms with van der Waals surface area (Å²) in [6, 6.07) is 4.01. The summed E-state index contributed by atoms with van der Waals surface area (Å²) >= 11 is 0. The van der Waals surface area contributed by atoms with E-state index in [4.69, 9.17) is 16.2 Å². The SMILES string of the molecule is COc1ccc(S(=O)(=O)NC(C)(C)C(N)=O)cc1N. The zero-order valence-corrected chi connectivity index (χ0v) is 11.7. The largest absolute Gasteiger partial charge is 0.495 e. The van der Waals surface area contributed by atoms with Crippen LogP contribution in [0.3, 0.4) is 0 Å². The molecule has 7 nitrogen and oxygen atoms in total. The van der Waals surface area contributed by atoms with Crippen LogP contribution in [0, 0.1) is 0 Å². The van der Waals surface area contributed by atoms with Crippen LogP contribution in [0.4, 0.5) is 5.69 Å². The second-order valence-electron chi connectivity index (χ2n) is 4.50. The Balaban J connectivity index is 3.15. The van der Waals surface area contributed by atoms with E-state index in [0.717, 1.165) is 0 Å². The lowest BCUT2D eigenvalue weighted by atomic mass is 10.1. The fourth-order valence-corrected chi connectivity index (χ4v) is 2.74. The maximum atomic E-state index is 12.1. The second kappa shape index (κ2) is 5.06. The first kappa shape index (κ1) is 15.3. The molecule has 1 aromatic rings. The van der Waals surface area contributed by atoms with Crippen LogP contribution in [0.1, 0.15) is 13.8 Å². The topological polar surface area (TPSA) is 125 Å². The molecule has 0 aliphatic carbocycles. The van der Waals surface area contributed by atoms with Crippen LogP contribution in [0.5, 0.6) is 5.75 Å². The lowest BCUT2D eigenvalue weighted by Gasteiger charge is -2.22. The van der Waals surface area contributed by atoms with E-state index in [2.05, 4.69) is 4.72 Å². The summed E-state index contributed by atoms with van der Waals surface area (Å²) in [5.74, 6) is -0.411. The molecule has 0 spiro atoms. The summed E-state index contributed by atoms with van der Waals surface area (Å²) in [5, 5.41) is 0. The molecule has 0 unspecified atom stereocenters. The van der Waals surface area contributed by atoms with Crippen LogP contribution in [0.15, 0.2) is 23.1 Å². The Kier molecular flexibility index (Phi) is 4.06. The molecule has 8 heteroatoms. The van der Waals surface area contributed by atoms with E-state index >= 15 is 0 Å². The molecule has 0 saturated carbocycles. The normalized spacial score (nSPS) is 12.2. The minimum atomic E-state index is -3.90. The number of rotatable bonds is 5. The molecule has 1 aromatic carbocycles. The van der Waals surface area contributed by atoms with Gasteiger partial charge in [-0.1, -0.05) is 0 Å². The highest BCUT2D eigenvalue weighted by molar-refractivity contribution is 7.89. The molecular weight excluding hydrogens is 270 g/mol. The van der Waals surface area contributed by atoms with Gasteiger partial charge in [-0.3, -0.25) is 4.79 Å². The second-order valence-corrected chi connectivity index (χ2v) is 6.18. The summed E-state index contributed by atoms with van der Waals surface area (Å²) in [5.41, 5.74) is 9.55. The van der Waals surface area contributed by atoms with Crippen LogP contribution >= 0.6 is 0 Å². The summed E-state index contributed by atoms with van der Waals surface area (Å²) in [6.45, 7) is 2.75. The van der Waals surface area contributed by atoms with Crippen molar-refractivity contribution >= 4 is 21.6 Å². The third kappa shape index (κ3) is 3.36. The fourth-order valence-electron chi connectivity index (χ4n) is 1.32. The minimum Gasteiger partial charge on any atom is -0.495 e. The molecule has 106 valence electrons. The number of nitrogen functional groups attached to an aromatic ring is 1. The number of nitrogens with two attached hydrogens (primary N) is 2. The predicted molar refractivity (Wildman–Crippen MR) is 71.0 cm³/mol. The summed E-state index contributed by atoms with van der Waals surface area (Å²) in [4.78, 5) is 11.1. The van der Waals surface area contributed by atoms with Gasteiger partial charge in [-0.05, 0) is 32.0 Å². The Hall–Kier alpha value is -1.80. The quantitative estimate of drug-likeness (QED) is 0.648. The highest BCUT2D eigenvalue weighted by Gasteiger charge is 2.31. The number of amides is 1. The van der Waals surface area contributed by atoms with Crippen LogP contribution < -0.4 is 20.9 Å². The molecule has 0 heterocycles. The third-order valence-corrected chi connectivity index (χ3v) is 4.17. The molecule has 0 aliphatic heterocycles. The zero-order chi connectivity index (χ0) is 14.8. The maximum absolute atomic E-state index is 12.1. The first-order valence-corrected chi connectivity index (χ1v) is 6.86. The molecule has 19 heavy (non-hydrogen) atoms. The highest BCUT2D eigenvalue weighted by atomic mass is 32.2. The van der Waals surface area contributed by atoms with Gasteiger partial charge >= 0.3 is 0 Å². The van der Waals surface area contributed by atoms with Crippen molar-refractivity contribution in [3.8, 4) is 5.75 Å². The van der Waals surface area contributed by atoms with Crippen LogP contribution in [0.25, 0.3) is 0 Å². The number of nitrogens with one attached hydrogen (secondary N) is 1. The smallest absolute Gasteiger partial charge is 0.241 e. The van der Waals surface area contributed by atoms with Gasteiger partial charge in [0.1, 0.15) is 11.3 Å². The van der Waals surface area contributed by atoms with E-state index < -0.39 is 21.5 Å². The van der Waals surface area contributed by atoms with Gasteiger partial charge in [0.05, 0.1) is 17.7 Å². The molecule has 0 fully saturated rings. The Labute approximate surface area is 112 Å². The van der Waals surface area contributed by atoms with E-state index in [-0.39, 0.29) is 10.6 Å². The van der Waals surface area contributed by atoms with Gasteiger partial charge in [-0.2, -0.15) is 4.72 Å². The lowest BCUT2D eigenvalue weighted by molar-refractivity contribution is -0.122. The Bertz CT molecular complexity index is 596. The Morgan fingerprint density at radius 1 is 1.37 bits per heavy atom. The molecule has 0 saturated heterocycles. The third-order valence-electron chi connectivity index (χ3n) is 2.52. The van der Waals surface area contributed by atoms with Crippen molar-refractivity contribution in [2.75, 3.05) is 12.8 Å². The predicted octanol–water partition coefficient (Wildman–Crippen LogP) is -0.180. The van der Waals surface area contributed by atoms with E-state index in [9.17, 15) is 13.2 Å². The van der Waals surface area contributed by atoms with Gasteiger partial charge < -0.3 is 16.2 Å². The van der Waals surface area contributed by atoms with Gasteiger partial charge in [0.25, 0.3) is 0 Å². The molecule has 0 bridgehead atoms. The summed E-state index contributed by atoms with van der Waals surface area (Å²) < 4.78 is 31.3. The molecule has 0 atom stereocenters. The number of benzene rings is 1. The zero-order valence-electron chi connectivity index (χ0n) is 10.9. The molecular formula is C11H17N3O4S. The van der Waals surface area contributed by atoms with Gasteiger partial charge in [0, 0.05) is 0 Å². The van der Waals surface area contributed by atoms with Crippen molar-refractivity contribution in [2.24, 2.45) is 5.73 Å². The maximum Gasteiger partial charge on any atom is 0.241 e. The summed E-state index contributed by atoms with van der Waals surface area (Å²) in [6.07, 6.45) is 0. The molecule has 1 amide bonds. The average molecular weight is 287 g/mol. The monoisotopic (exact) mass is 287 g/mol. The molecule has 0 aliphatic rings. The first-order chi connectivity index (χ1) is 8.60. The number of sulfonamides is 1. The van der Waals surface area contributed by atoms with Gasteiger partial charge in [-0.25, -0.2) is 8.42 Å². The van der Waals surface area contributed by atoms with E-state index in [1.165, 1.54) is 39.2 Å². The average Bonchev–Trinajstić information content (AvgIpc) is 2.27. The van der Waals surface area contributed by atoms with Crippen LogP contribution in [0.2, 0.25) is 0 Å². The van der Waals surface area contributed by atoms with Gasteiger partial charge in [0.15, 0.2) is 0 Å². The van der Waals surface area contributed by atoms with Crippen molar-refractivity contribution in [2.45, 2.75) is 24.3 Å². The lowest BCUT2D eigenvalue weighted by Crippen LogP contribution is -2.52. The Morgan fingerprint density at radius 2 is 1.95 bits per heavy atom. The minimum absolute atomic E-state index is 0.0693. The summed E-state index contributed by atoms with van der Waals surface area (Å²) in [7, 11) is -2.47. The van der Waals surface area contributed by atoms with Crippen molar-refractivity contribution in [1.29, 1.82) is 0 Å². The number of carbonyl (C=O) groups is 1. The molecule has 0 aromatic heterocycles. The van der Waals surface area contributed by atoms with Crippen molar-refractivity contribution in [1.82, 2.24) is 4.72 Å². The standard InChI is InChI=1S/C11H17N3O4S/c1-11(2,10(13)15)14-19(16,17)7-4-5-9(18-3)8(12)6-7/h4-6,14H,12H2,1-3H3,(H2,13,15).